The fourth-order valence-electron chi connectivity index (χ4n) is 1.87. The van der Waals surface area contributed by atoms with E-state index in [9.17, 15) is 23.3 Å². The Hall–Kier alpha value is -2.43. The number of amides is 2. The summed E-state index contributed by atoms with van der Waals surface area (Å²) in [5, 5.41) is 4.91. The summed E-state index contributed by atoms with van der Waals surface area (Å²) < 4.78 is 30.5. The number of carbonyl (C=O) groups is 2. The summed E-state index contributed by atoms with van der Waals surface area (Å²) in [5.41, 5.74) is 0.0463. The van der Waals surface area contributed by atoms with Crippen LogP contribution < -0.4 is 32.1 Å². The molecule has 0 atom stereocenters. The van der Waals surface area contributed by atoms with Crippen LogP contribution in [0.4, 0.5) is 20.2 Å². The van der Waals surface area contributed by atoms with Crippen LogP contribution >= 0.6 is 0 Å². The summed E-state index contributed by atoms with van der Waals surface area (Å²) in [7, 11) is 0. The Morgan fingerprint density at radius 2 is 1.58 bits per heavy atom. The second-order valence-electron chi connectivity index (χ2n) is 4.58. The predicted octanol–water partition coefficient (Wildman–Crippen LogP) is 0.115. The molecule has 0 aliphatic heterocycles. The van der Waals surface area contributed by atoms with E-state index in [4.69, 9.17) is 0 Å². The number of benzene rings is 2. The molecule has 0 heterocycles. The first-order valence-electron chi connectivity index (χ1n) is 6.56. The summed E-state index contributed by atoms with van der Waals surface area (Å²) in [5.74, 6) is -3.33. The quantitative estimate of drug-likeness (QED) is 0.389. The molecule has 0 fully saturated rings. The van der Waals surface area contributed by atoms with Gasteiger partial charge in [-0.1, -0.05) is 0 Å². The van der Waals surface area contributed by atoms with Gasteiger partial charge in [0.2, 0.25) is 0 Å². The van der Waals surface area contributed by atoms with Crippen LogP contribution in [-0.2, 0) is 4.79 Å². The van der Waals surface area contributed by atoms with Crippen molar-refractivity contribution in [2.24, 2.45) is 3.39 Å². The summed E-state index contributed by atoms with van der Waals surface area (Å²) >= 11 is -1.51. The Bertz CT molecular complexity index is 797. The fraction of sp³-hybridized carbons (Fsp3) is 0.0667. The monoisotopic (exact) mass is 446 g/mol. The Morgan fingerprint density at radius 3 is 2.12 bits per heavy atom. The van der Waals surface area contributed by atoms with Crippen molar-refractivity contribution in [3.05, 3.63) is 62.1 Å². The first-order chi connectivity index (χ1) is 11.4. The average molecular weight is 446 g/mol. The molecule has 6 nitrogen and oxygen atoms in total. The molecular weight excluding hydrogens is 435 g/mol. The van der Waals surface area contributed by atoms with Crippen LogP contribution in [0.2, 0.25) is 0 Å². The fourth-order valence-corrected chi connectivity index (χ4v) is 2.91. The number of nitrogens with zero attached hydrogens (tertiary/aromatic N) is 1. The van der Waals surface area contributed by atoms with E-state index in [0.717, 1.165) is 12.1 Å². The van der Waals surface area contributed by atoms with Gasteiger partial charge in [0.1, 0.15) is 0 Å². The van der Waals surface area contributed by atoms with E-state index in [1.54, 1.807) is 0 Å². The van der Waals surface area contributed by atoms with Crippen LogP contribution in [0.5, 0.6) is 0 Å². The number of nitrogens with one attached hydrogen (secondary N) is 2. The third kappa shape index (κ3) is 4.31. The minimum absolute atomic E-state index is 0.0589. The summed E-state index contributed by atoms with van der Waals surface area (Å²) in [6.45, 7) is 1.35. The molecule has 2 rings (SSSR count). The van der Waals surface area contributed by atoms with E-state index < -0.39 is 44.6 Å². The number of hydrogen-bond donors (Lipinski definition) is 2. The number of halogens is 3. The molecule has 0 spiro atoms. The standard InChI is InChI=1S/C15H11F2IN3O3/c1-8(22)19-9-2-4-10(5-3-9)20-15(23)13-11(16)6-7-12(14(13)17)18-21-24/h2-7H,1H3,(H,19,22)(H,20,23)/q-1. The van der Waals surface area contributed by atoms with Gasteiger partial charge in [0.25, 0.3) is 0 Å². The van der Waals surface area contributed by atoms with Crippen LogP contribution in [0, 0.1) is 20.1 Å². The maximum absolute atomic E-state index is 14.2. The van der Waals surface area contributed by atoms with Crippen molar-refractivity contribution in [1.82, 2.24) is 0 Å². The van der Waals surface area contributed by atoms with E-state index in [1.807, 2.05) is 0 Å². The molecule has 2 aromatic rings. The second-order valence-corrected chi connectivity index (χ2v) is 6.62. The number of carbonyl (C=O) groups excluding carboxylic acids is 2. The first-order valence-corrected chi connectivity index (χ1v) is 8.60. The molecule has 0 aliphatic rings. The molecule has 0 bridgehead atoms. The van der Waals surface area contributed by atoms with Crippen molar-refractivity contribution in [1.29, 1.82) is 0 Å². The second kappa shape index (κ2) is 7.90. The minimum atomic E-state index is -1.51. The summed E-state index contributed by atoms with van der Waals surface area (Å²) in [6.07, 6.45) is 0. The predicted molar refractivity (Wildman–Crippen MR) is 79.5 cm³/mol. The maximum atomic E-state index is 14.2. The van der Waals surface area contributed by atoms with Crippen molar-refractivity contribution >= 4 is 23.2 Å². The average Bonchev–Trinajstić information content (AvgIpc) is 2.52. The van der Waals surface area contributed by atoms with Gasteiger partial charge in [0.05, 0.1) is 0 Å². The van der Waals surface area contributed by atoms with Gasteiger partial charge in [0, 0.05) is 0 Å². The Kier molecular flexibility index (Phi) is 5.90. The molecular formula is C15H11F2IN3O3-. The molecule has 9 heteroatoms. The molecule has 2 N–H and O–H groups in total. The molecule has 0 saturated carbocycles. The van der Waals surface area contributed by atoms with Crippen molar-refractivity contribution in [3.8, 4) is 0 Å². The van der Waals surface area contributed by atoms with Crippen molar-refractivity contribution in [3.63, 3.8) is 0 Å². The van der Waals surface area contributed by atoms with Crippen LogP contribution in [0.15, 0.2) is 39.8 Å². The van der Waals surface area contributed by atoms with Gasteiger partial charge in [-0.05, 0) is 0 Å². The van der Waals surface area contributed by atoms with E-state index in [1.165, 1.54) is 31.2 Å². The molecule has 126 valence electrons. The van der Waals surface area contributed by atoms with Crippen molar-refractivity contribution in [2.45, 2.75) is 6.92 Å². The summed E-state index contributed by atoms with van der Waals surface area (Å²) in [6, 6.07) is 8.05. The number of nitroso groups, excluding NO2 is 1. The van der Waals surface area contributed by atoms with Crippen LogP contribution in [-0.4, -0.2) is 11.8 Å². The molecule has 0 radical (unpaired) electrons. The van der Waals surface area contributed by atoms with E-state index >= 15 is 0 Å². The third-order valence-electron chi connectivity index (χ3n) is 2.86. The number of anilines is 2. The first kappa shape index (κ1) is 17.9. The van der Waals surface area contributed by atoms with Gasteiger partial charge >= 0.3 is 146 Å². The summed E-state index contributed by atoms with van der Waals surface area (Å²) in [4.78, 5) is 33.3. The zero-order chi connectivity index (χ0) is 17.7. The van der Waals surface area contributed by atoms with E-state index in [-0.39, 0.29) is 9.48 Å². The molecule has 0 saturated heterocycles. The van der Waals surface area contributed by atoms with Crippen LogP contribution in [0.1, 0.15) is 17.3 Å². The molecule has 24 heavy (non-hydrogen) atoms. The van der Waals surface area contributed by atoms with Gasteiger partial charge in [-0.15, -0.1) is 0 Å². The van der Waals surface area contributed by atoms with Gasteiger partial charge < -0.3 is 0 Å². The van der Waals surface area contributed by atoms with Gasteiger partial charge in [0.15, 0.2) is 0 Å². The number of hydrogen-bond acceptors (Lipinski definition) is 4. The SMILES string of the molecule is CC(=O)Nc1ccc(NC(=O)c2c(F)ccc([I-]N=O)c2F)cc1. The van der Waals surface area contributed by atoms with E-state index in [0.29, 0.717) is 11.4 Å². The zero-order valence-corrected chi connectivity index (χ0v) is 14.4. The Balaban J connectivity index is 2.22. The molecule has 2 amide bonds. The van der Waals surface area contributed by atoms with Crippen molar-refractivity contribution < 1.29 is 39.8 Å². The normalized spacial score (nSPS) is 10.3. The molecule has 0 aromatic heterocycles. The number of rotatable bonds is 5. The Labute approximate surface area is 146 Å². The van der Waals surface area contributed by atoms with Gasteiger partial charge in [-0.25, -0.2) is 0 Å². The third-order valence-corrected chi connectivity index (χ3v) is 4.41. The van der Waals surface area contributed by atoms with Crippen LogP contribution in [0.25, 0.3) is 0 Å². The Morgan fingerprint density at radius 1 is 1.00 bits per heavy atom. The molecule has 0 unspecified atom stereocenters. The zero-order valence-electron chi connectivity index (χ0n) is 12.3. The van der Waals surface area contributed by atoms with E-state index in [2.05, 4.69) is 14.0 Å². The topological polar surface area (TPSA) is 87.6 Å². The van der Waals surface area contributed by atoms with Crippen LogP contribution in [0.3, 0.4) is 0 Å². The molecule has 2 aromatic carbocycles. The van der Waals surface area contributed by atoms with Gasteiger partial charge in [-0.3, -0.25) is 0 Å². The molecule has 0 aliphatic carbocycles. The van der Waals surface area contributed by atoms with Crippen molar-refractivity contribution in [2.75, 3.05) is 10.6 Å². The van der Waals surface area contributed by atoms with Gasteiger partial charge in [-0.2, -0.15) is 0 Å².